The summed E-state index contributed by atoms with van der Waals surface area (Å²) in [6, 6.07) is 12.7. The SMILES string of the molecule is CC(=O)N[C@H]1CC[C@H](NC(=O)c2sc3nccc4c3c2NC(=O)N4c2cnc(Oc3ccccc3)cc2C)CC1. The average Bonchev–Trinajstić information content (AvgIpc) is 3.30. The van der Waals surface area contributed by atoms with Gasteiger partial charge in [0, 0.05) is 31.3 Å². The quantitative estimate of drug-likeness (QED) is 0.282. The van der Waals surface area contributed by atoms with Gasteiger partial charge in [0.25, 0.3) is 5.91 Å². The predicted molar refractivity (Wildman–Crippen MR) is 154 cm³/mol. The number of ether oxygens (including phenoxy) is 1. The van der Waals surface area contributed by atoms with Gasteiger partial charge in [0.2, 0.25) is 11.8 Å². The molecule has 1 aliphatic carbocycles. The van der Waals surface area contributed by atoms with Crippen molar-refractivity contribution in [2.45, 2.75) is 51.6 Å². The van der Waals surface area contributed by atoms with E-state index in [-0.39, 0.29) is 29.9 Å². The van der Waals surface area contributed by atoms with E-state index in [1.54, 1.807) is 29.4 Å². The number of hydrogen-bond donors (Lipinski definition) is 3. The number of para-hydroxylation sites is 1. The van der Waals surface area contributed by atoms with Crippen molar-refractivity contribution < 1.29 is 19.1 Å². The lowest BCUT2D eigenvalue weighted by atomic mass is 9.91. The number of amides is 4. The molecule has 1 fully saturated rings. The summed E-state index contributed by atoms with van der Waals surface area (Å²) in [5.74, 6) is 0.822. The highest BCUT2D eigenvalue weighted by molar-refractivity contribution is 7.21. The number of nitrogens with zero attached hydrogens (tertiary/aromatic N) is 3. The van der Waals surface area contributed by atoms with Gasteiger partial charge in [-0.05, 0) is 56.4 Å². The normalized spacial score (nSPS) is 18.2. The van der Waals surface area contributed by atoms with E-state index >= 15 is 0 Å². The van der Waals surface area contributed by atoms with E-state index in [1.807, 2.05) is 37.3 Å². The first-order valence-electron chi connectivity index (χ1n) is 13.2. The Labute approximate surface area is 234 Å². The largest absolute Gasteiger partial charge is 0.439 e. The van der Waals surface area contributed by atoms with Crippen LogP contribution in [0.5, 0.6) is 11.6 Å². The maximum absolute atomic E-state index is 13.5. The molecule has 4 heterocycles. The minimum atomic E-state index is -0.384. The number of pyridine rings is 2. The number of thiophene rings is 1. The van der Waals surface area contributed by atoms with Crippen molar-refractivity contribution in [3.8, 4) is 11.6 Å². The summed E-state index contributed by atoms with van der Waals surface area (Å²) >= 11 is 1.26. The fourth-order valence-corrected chi connectivity index (χ4v) is 6.35. The first-order chi connectivity index (χ1) is 19.4. The van der Waals surface area contributed by atoms with Crippen LogP contribution in [0.3, 0.4) is 0 Å². The molecule has 3 aromatic heterocycles. The molecule has 204 valence electrons. The van der Waals surface area contributed by atoms with Crippen molar-refractivity contribution in [3.05, 3.63) is 65.3 Å². The fraction of sp³-hybridized carbons (Fsp3) is 0.276. The van der Waals surface area contributed by atoms with Crippen LogP contribution in [0.4, 0.5) is 21.9 Å². The van der Waals surface area contributed by atoms with Crippen molar-refractivity contribution in [1.29, 1.82) is 0 Å². The molecule has 40 heavy (non-hydrogen) atoms. The minimum Gasteiger partial charge on any atom is -0.439 e. The lowest BCUT2D eigenvalue weighted by molar-refractivity contribution is -0.119. The average molecular weight is 557 g/mol. The second kappa shape index (κ2) is 10.6. The van der Waals surface area contributed by atoms with Crippen LogP contribution in [0.15, 0.2) is 54.9 Å². The number of carbonyl (C=O) groups is 3. The third kappa shape index (κ3) is 4.95. The van der Waals surface area contributed by atoms with E-state index in [4.69, 9.17) is 4.74 Å². The van der Waals surface area contributed by atoms with Crippen LogP contribution in [0, 0.1) is 6.92 Å². The van der Waals surface area contributed by atoms with Gasteiger partial charge < -0.3 is 20.7 Å². The van der Waals surface area contributed by atoms with E-state index in [0.717, 1.165) is 36.6 Å². The summed E-state index contributed by atoms with van der Waals surface area (Å²) < 4.78 is 5.86. The fourth-order valence-electron chi connectivity index (χ4n) is 5.33. The molecule has 1 aromatic carbocycles. The Morgan fingerprint density at radius 1 is 1.02 bits per heavy atom. The van der Waals surface area contributed by atoms with Crippen molar-refractivity contribution in [1.82, 2.24) is 20.6 Å². The molecular weight excluding hydrogens is 528 g/mol. The minimum absolute atomic E-state index is 0.00323. The Morgan fingerprint density at radius 2 is 1.75 bits per heavy atom. The third-order valence-electron chi connectivity index (χ3n) is 7.19. The maximum atomic E-state index is 13.5. The predicted octanol–water partition coefficient (Wildman–Crippen LogP) is 5.65. The highest BCUT2D eigenvalue weighted by Crippen LogP contribution is 2.46. The molecule has 2 aliphatic rings. The lowest BCUT2D eigenvalue weighted by Gasteiger charge is -2.30. The number of anilines is 3. The molecule has 3 N–H and O–H groups in total. The molecule has 6 rings (SSSR count). The molecule has 1 saturated carbocycles. The Hall–Kier alpha value is -4.51. The Kier molecular flexibility index (Phi) is 6.81. The molecule has 4 aromatic rings. The van der Waals surface area contributed by atoms with Crippen molar-refractivity contribution >= 4 is 56.5 Å². The number of aromatic nitrogens is 2. The number of nitrogens with one attached hydrogen (secondary N) is 3. The zero-order chi connectivity index (χ0) is 27.8. The van der Waals surface area contributed by atoms with Gasteiger partial charge in [0.05, 0.1) is 28.6 Å². The smallest absolute Gasteiger partial charge is 0.331 e. The van der Waals surface area contributed by atoms with Crippen molar-refractivity contribution in [2.24, 2.45) is 0 Å². The van der Waals surface area contributed by atoms with E-state index in [9.17, 15) is 14.4 Å². The van der Waals surface area contributed by atoms with E-state index < -0.39 is 0 Å². The third-order valence-corrected chi connectivity index (χ3v) is 8.28. The van der Waals surface area contributed by atoms with Crippen LogP contribution in [0.1, 0.15) is 47.8 Å². The molecule has 0 saturated heterocycles. The van der Waals surface area contributed by atoms with Gasteiger partial charge in [0.15, 0.2) is 0 Å². The summed E-state index contributed by atoms with van der Waals surface area (Å²) in [4.78, 5) is 49.8. The summed E-state index contributed by atoms with van der Waals surface area (Å²) in [5.41, 5.74) is 2.51. The molecule has 10 nitrogen and oxygen atoms in total. The molecule has 11 heteroatoms. The van der Waals surface area contributed by atoms with Gasteiger partial charge in [-0.25, -0.2) is 14.8 Å². The van der Waals surface area contributed by atoms with Gasteiger partial charge >= 0.3 is 6.03 Å². The van der Waals surface area contributed by atoms with Crippen LogP contribution < -0.4 is 25.6 Å². The molecule has 0 radical (unpaired) electrons. The molecule has 0 spiro atoms. The number of hydrogen-bond acceptors (Lipinski definition) is 7. The summed E-state index contributed by atoms with van der Waals surface area (Å²) in [7, 11) is 0. The number of urea groups is 1. The monoisotopic (exact) mass is 556 g/mol. The molecule has 4 amide bonds. The number of carbonyl (C=O) groups excluding carboxylic acids is 3. The van der Waals surface area contributed by atoms with Crippen LogP contribution in [-0.2, 0) is 4.79 Å². The molecule has 0 bridgehead atoms. The molecular formula is C29H28N6O4S. The van der Waals surface area contributed by atoms with E-state index in [1.165, 1.54) is 18.3 Å². The van der Waals surface area contributed by atoms with Crippen LogP contribution in [0.2, 0.25) is 0 Å². The summed E-state index contributed by atoms with van der Waals surface area (Å²) in [6.07, 6.45) is 6.42. The summed E-state index contributed by atoms with van der Waals surface area (Å²) in [6.45, 7) is 3.41. The topological polar surface area (TPSA) is 126 Å². The Bertz CT molecular complexity index is 1610. The van der Waals surface area contributed by atoms with E-state index in [2.05, 4.69) is 25.9 Å². The first kappa shape index (κ1) is 25.8. The van der Waals surface area contributed by atoms with Crippen molar-refractivity contribution in [3.63, 3.8) is 0 Å². The first-order valence-corrected chi connectivity index (χ1v) is 14.0. The number of rotatable bonds is 6. The standard InChI is InChI=1S/C29H28N6O4S/c1-16-14-23(39-20-6-4-3-5-7-20)31-15-22(16)35-21-12-13-30-28-24(21)25(34-29(35)38)26(40-28)27(37)33-19-10-8-18(9-11-19)32-17(2)36/h3-7,12-15,18-19H,8-11H2,1-2H3,(H,32,36)(H,33,37)(H,34,38)/t18-,19-. The van der Waals surface area contributed by atoms with Crippen molar-refractivity contribution in [2.75, 3.05) is 10.2 Å². The second-order valence-corrected chi connectivity index (χ2v) is 11.0. The van der Waals surface area contributed by atoms with Crippen LogP contribution in [-0.4, -0.2) is 39.9 Å². The maximum Gasteiger partial charge on any atom is 0.331 e. The van der Waals surface area contributed by atoms with Gasteiger partial charge in [-0.15, -0.1) is 11.3 Å². The molecule has 1 aliphatic heterocycles. The van der Waals surface area contributed by atoms with Crippen LogP contribution >= 0.6 is 11.3 Å². The summed E-state index contributed by atoms with van der Waals surface area (Å²) in [5, 5.41) is 9.74. The van der Waals surface area contributed by atoms with Gasteiger partial charge in [-0.1, -0.05) is 18.2 Å². The lowest BCUT2D eigenvalue weighted by Crippen LogP contribution is -2.43. The highest BCUT2D eigenvalue weighted by atomic mass is 32.1. The Balaban J connectivity index is 1.25. The van der Waals surface area contributed by atoms with E-state index in [0.29, 0.717) is 38.4 Å². The zero-order valence-corrected chi connectivity index (χ0v) is 22.9. The number of aryl methyl sites for hydroxylation is 1. The van der Waals surface area contributed by atoms with Gasteiger partial charge in [0.1, 0.15) is 15.5 Å². The molecule has 0 unspecified atom stereocenters. The zero-order valence-electron chi connectivity index (χ0n) is 22.1. The highest BCUT2D eigenvalue weighted by Gasteiger charge is 2.34. The Morgan fingerprint density at radius 3 is 2.45 bits per heavy atom. The second-order valence-electron chi connectivity index (χ2n) is 10.0. The molecule has 0 atom stereocenters. The van der Waals surface area contributed by atoms with Crippen LogP contribution in [0.25, 0.3) is 10.2 Å². The van der Waals surface area contributed by atoms with Gasteiger partial charge in [-0.3, -0.25) is 14.5 Å². The number of benzene rings is 1. The van der Waals surface area contributed by atoms with Gasteiger partial charge in [-0.2, -0.15) is 0 Å².